The Hall–Kier alpha value is -5.82. The lowest BCUT2D eigenvalue weighted by molar-refractivity contribution is -0.164. The van der Waals surface area contributed by atoms with Crippen LogP contribution in [0.3, 0.4) is 0 Å². The third kappa shape index (κ3) is 6.75. The molecular weight excluding hydrogens is 686 g/mol. The van der Waals surface area contributed by atoms with E-state index in [2.05, 4.69) is 34.3 Å². The van der Waals surface area contributed by atoms with Crippen LogP contribution in [0.1, 0.15) is 55.4 Å². The van der Waals surface area contributed by atoms with Crippen LogP contribution >= 0.6 is 0 Å². The zero-order valence-electron chi connectivity index (χ0n) is 30.8. The average molecular weight is 730 g/mol. The fraction of sp³-hybridized carbons (Fsp3) is 0.286. The van der Waals surface area contributed by atoms with Gasteiger partial charge in [-0.15, -0.1) is 0 Å². The van der Waals surface area contributed by atoms with Crippen molar-refractivity contribution in [2.24, 2.45) is 0 Å². The number of carbonyl (C=O) groups is 1. The predicted molar refractivity (Wildman–Crippen MR) is 203 cm³/mol. The average Bonchev–Trinajstić information content (AvgIpc) is 3.80. The van der Waals surface area contributed by atoms with Gasteiger partial charge in [0.15, 0.2) is 28.5 Å². The van der Waals surface area contributed by atoms with Gasteiger partial charge in [-0.2, -0.15) is 0 Å². The number of aromatic nitrogens is 4. The minimum absolute atomic E-state index is 0.0588. The maximum absolute atomic E-state index is 13.6. The Morgan fingerprint density at radius 1 is 0.870 bits per heavy atom. The van der Waals surface area contributed by atoms with Crippen LogP contribution in [-0.2, 0) is 25.6 Å². The monoisotopic (exact) mass is 729 g/mol. The summed E-state index contributed by atoms with van der Waals surface area (Å²) in [6.45, 7) is 5.60. The summed E-state index contributed by atoms with van der Waals surface area (Å²) in [5, 5.41) is 11.6. The van der Waals surface area contributed by atoms with Gasteiger partial charge in [0.05, 0.1) is 33.3 Å². The van der Waals surface area contributed by atoms with Gasteiger partial charge in [-0.25, -0.2) is 20.4 Å². The van der Waals surface area contributed by atoms with Gasteiger partial charge in [0.1, 0.15) is 29.5 Å². The van der Waals surface area contributed by atoms with E-state index in [1.807, 2.05) is 103 Å². The van der Waals surface area contributed by atoms with Gasteiger partial charge in [0.2, 0.25) is 5.72 Å². The number of carbonyl (C=O) groups excluding carboxylic acids is 1. The van der Waals surface area contributed by atoms with E-state index in [1.165, 1.54) is 25.1 Å². The van der Waals surface area contributed by atoms with Gasteiger partial charge >= 0.3 is 0 Å². The second kappa shape index (κ2) is 15.3. The minimum Gasteiger partial charge on any atom is -0.497 e. The molecule has 1 aliphatic rings. The van der Waals surface area contributed by atoms with E-state index in [0.717, 1.165) is 16.7 Å². The van der Waals surface area contributed by atoms with Crippen molar-refractivity contribution in [3.05, 3.63) is 138 Å². The normalized spacial score (nSPS) is 18.5. The van der Waals surface area contributed by atoms with E-state index in [0.29, 0.717) is 40.1 Å². The number of hydrogen-bond donors (Lipinski definition) is 2. The molecular formula is C42H43N5O7. The molecule has 0 radical (unpaired) electrons. The van der Waals surface area contributed by atoms with Crippen LogP contribution in [0.2, 0.25) is 0 Å². The van der Waals surface area contributed by atoms with Crippen molar-refractivity contribution >= 4 is 22.8 Å². The van der Waals surface area contributed by atoms with E-state index in [4.69, 9.17) is 23.8 Å². The van der Waals surface area contributed by atoms with Crippen LogP contribution in [0.5, 0.6) is 17.2 Å². The third-order valence-electron chi connectivity index (χ3n) is 9.98. The number of rotatable bonds is 14. The van der Waals surface area contributed by atoms with Crippen molar-refractivity contribution in [1.29, 1.82) is 0 Å². The first-order valence-electron chi connectivity index (χ1n) is 17.8. The Bertz CT molecular complexity index is 2140. The molecule has 1 fully saturated rings. The predicted octanol–water partition coefficient (Wildman–Crippen LogP) is 6.77. The second-order valence-corrected chi connectivity index (χ2v) is 13.5. The number of nitrogens with one attached hydrogen (secondary N) is 1. The van der Waals surface area contributed by atoms with Gasteiger partial charge in [0.25, 0.3) is 0 Å². The van der Waals surface area contributed by atoms with Gasteiger partial charge in [0, 0.05) is 6.42 Å². The lowest BCUT2D eigenvalue weighted by Crippen LogP contribution is -2.42. The number of imidazole rings is 1. The summed E-state index contributed by atoms with van der Waals surface area (Å²) < 4.78 is 26.1. The highest BCUT2D eigenvalue weighted by Crippen LogP contribution is 2.44. The highest BCUT2D eigenvalue weighted by Gasteiger charge is 2.53. The number of Topliss-reactive ketones (excluding diaryl/α,β-unsaturated/α-hetero) is 1. The van der Waals surface area contributed by atoms with Crippen LogP contribution in [0.25, 0.3) is 11.2 Å². The van der Waals surface area contributed by atoms with Gasteiger partial charge in [-0.3, -0.25) is 9.36 Å². The van der Waals surface area contributed by atoms with Crippen LogP contribution in [0, 0.1) is 0 Å². The molecule has 0 spiro atoms. The summed E-state index contributed by atoms with van der Waals surface area (Å²) in [7, 11) is 3.24. The maximum Gasteiger partial charge on any atom is 0.209 e. The smallest absolute Gasteiger partial charge is 0.209 e. The molecule has 0 saturated carbocycles. The van der Waals surface area contributed by atoms with E-state index < -0.39 is 23.5 Å². The highest BCUT2D eigenvalue weighted by molar-refractivity contribution is 5.88. The molecule has 4 aromatic carbocycles. The Morgan fingerprint density at radius 3 is 2.04 bits per heavy atom. The maximum atomic E-state index is 13.6. The molecule has 0 unspecified atom stereocenters. The Kier molecular flexibility index (Phi) is 10.3. The number of aliphatic hydroxyl groups is 1. The Balaban J connectivity index is 1.21. The second-order valence-electron chi connectivity index (χ2n) is 13.5. The number of ketones is 1. The standard InChI is InChI=1S/C42H43N5O7/c1-27(2)29-11-17-35(18-12-29)54-46-39-38-40(44-25-43-39)47(26-45-38)41(28(3)48)23-36(49)37(53-41)24-52-42(30-9-7-6-8-10-30,31-13-19-33(50-4)20-14-31)32-15-21-34(51-5)22-16-32/h6-22,25-27,36-37,49H,23-24H2,1-5H3,(H,43,44,46)/t36-,37+,41-/m0/s1. The molecule has 12 nitrogen and oxygen atoms in total. The van der Waals surface area contributed by atoms with Crippen molar-refractivity contribution in [3.63, 3.8) is 0 Å². The molecule has 54 heavy (non-hydrogen) atoms. The zero-order chi connectivity index (χ0) is 37.9. The SMILES string of the molecule is COc1ccc(C(OC[C@H]2O[C@@](C(C)=O)(n3cnc4c(NOc5ccc(C(C)C)cc5)ncnc43)C[C@@H]2O)(c2ccccc2)c2ccc(OC)cc2)cc1. The van der Waals surface area contributed by atoms with E-state index in [-0.39, 0.29) is 18.8 Å². The number of benzene rings is 4. The number of ether oxygens (including phenoxy) is 4. The zero-order valence-corrected chi connectivity index (χ0v) is 30.8. The minimum atomic E-state index is -1.63. The van der Waals surface area contributed by atoms with Crippen molar-refractivity contribution in [3.8, 4) is 17.2 Å². The van der Waals surface area contributed by atoms with Gasteiger partial charge in [-0.05, 0) is 71.5 Å². The van der Waals surface area contributed by atoms with Gasteiger partial charge in [-0.1, -0.05) is 80.6 Å². The van der Waals surface area contributed by atoms with E-state index in [9.17, 15) is 9.90 Å². The number of fused-ring (bicyclic) bond motifs is 1. The summed E-state index contributed by atoms with van der Waals surface area (Å²) in [5.41, 5.74) is 4.45. The first-order valence-corrected chi connectivity index (χ1v) is 17.8. The molecule has 1 saturated heterocycles. The van der Waals surface area contributed by atoms with Crippen LogP contribution < -0.4 is 19.8 Å². The van der Waals surface area contributed by atoms with Gasteiger partial charge < -0.3 is 28.9 Å². The van der Waals surface area contributed by atoms with E-state index in [1.54, 1.807) is 18.8 Å². The molecule has 3 heterocycles. The number of aliphatic hydroxyl groups excluding tert-OH is 1. The van der Waals surface area contributed by atoms with Crippen molar-refractivity contribution in [2.75, 3.05) is 26.3 Å². The molecule has 1 aliphatic heterocycles. The Labute approximate surface area is 313 Å². The molecule has 2 aromatic heterocycles. The van der Waals surface area contributed by atoms with Crippen molar-refractivity contribution in [1.82, 2.24) is 19.5 Å². The van der Waals surface area contributed by atoms with Crippen molar-refractivity contribution < 1.29 is 33.7 Å². The fourth-order valence-electron chi connectivity index (χ4n) is 6.97. The fourth-order valence-corrected chi connectivity index (χ4v) is 6.97. The summed E-state index contributed by atoms with van der Waals surface area (Å²) in [5.74, 6) is 2.33. The highest BCUT2D eigenvalue weighted by atomic mass is 16.6. The van der Waals surface area contributed by atoms with Crippen molar-refractivity contribution in [2.45, 2.75) is 56.6 Å². The number of anilines is 1. The number of nitrogens with zero attached hydrogens (tertiary/aromatic N) is 4. The molecule has 3 atom stereocenters. The van der Waals surface area contributed by atoms with Crippen LogP contribution in [0.15, 0.2) is 116 Å². The first-order chi connectivity index (χ1) is 26.2. The lowest BCUT2D eigenvalue weighted by atomic mass is 9.80. The molecule has 0 aliphatic carbocycles. The first kappa shape index (κ1) is 36.5. The summed E-state index contributed by atoms with van der Waals surface area (Å²) in [6, 6.07) is 32.9. The molecule has 7 rings (SSSR count). The summed E-state index contributed by atoms with van der Waals surface area (Å²) >= 11 is 0. The van der Waals surface area contributed by atoms with Crippen LogP contribution in [0.4, 0.5) is 5.82 Å². The topological polar surface area (TPSA) is 139 Å². The third-order valence-corrected chi connectivity index (χ3v) is 9.98. The van der Waals surface area contributed by atoms with Crippen LogP contribution in [-0.4, -0.2) is 63.4 Å². The molecule has 12 heteroatoms. The number of methoxy groups -OCH3 is 2. The molecule has 2 N–H and O–H groups in total. The quantitative estimate of drug-likeness (QED) is 0.0907. The number of hydrogen-bond acceptors (Lipinski definition) is 11. The summed E-state index contributed by atoms with van der Waals surface area (Å²) in [4.78, 5) is 32.8. The van der Waals surface area contributed by atoms with E-state index >= 15 is 0 Å². The summed E-state index contributed by atoms with van der Waals surface area (Å²) in [6.07, 6.45) is 0.774. The largest absolute Gasteiger partial charge is 0.497 e. The molecule has 0 amide bonds. The molecule has 6 aromatic rings. The molecule has 278 valence electrons. The Morgan fingerprint density at radius 2 is 1.46 bits per heavy atom. The molecule has 0 bridgehead atoms. The lowest BCUT2D eigenvalue weighted by Gasteiger charge is -2.37.